The zero-order chi connectivity index (χ0) is 14.5. The number of ether oxygens (including phenoxy) is 1. The van der Waals surface area contributed by atoms with Gasteiger partial charge in [0.1, 0.15) is 5.82 Å². The van der Waals surface area contributed by atoms with Crippen LogP contribution in [-0.4, -0.2) is 33.2 Å². The summed E-state index contributed by atoms with van der Waals surface area (Å²) < 4.78 is 45.5. The highest BCUT2D eigenvalue weighted by atomic mass is 35.5. The van der Waals surface area contributed by atoms with E-state index in [4.69, 9.17) is 22.1 Å². The molecular weight excluding hydrogens is 307 g/mol. The lowest BCUT2D eigenvalue weighted by molar-refractivity contribution is -0.00924. The van der Waals surface area contributed by atoms with E-state index in [0.717, 1.165) is 18.6 Å². The van der Waals surface area contributed by atoms with Crippen LogP contribution in [0.3, 0.4) is 0 Å². The average Bonchev–Trinajstić information content (AvgIpc) is 2.84. The van der Waals surface area contributed by atoms with E-state index >= 15 is 0 Å². The molecule has 0 radical (unpaired) electrons. The number of hydrogen-bond donors (Lipinski definition) is 2. The predicted octanol–water partition coefficient (Wildman–Crippen LogP) is 0.872. The third-order valence-corrected chi connectivity index (χ3v) is 5.69. The van der Waals surface area contributed by atoms with Gasteiger partial charge in [0.15, 0.2) is 0 Å². The maximum absolute atomic E-state index is 13.1. The third kappa shape index (κ3) is 2.23. The van der Waals surface area contributed by atoms with Gasteiger partial charge in [-0.05, 0) is 24.6 Å². The van der Waals surface area contributed by atoms with Crippen molar-refractivity contribution in [3.63, 3.8) is 0 Å². The van der Waals surface area contributed by atoms with Crippen LogP contribution in [0.4, 0.5) is 4.39 Å². The molecule has 3 rings (SSSR count). The molecule has 3 N–H and O–H groups in total. The Balaban J connectivity index is 1.80. The maximum Gasteiger partial charge on any atom is 0.241 e. The van der Waals surface area contributed by atoms with E-state index in [1.54, 1.807) is 0 Å². The summed E-state index contributed by atoms with van der Waals surface area (Å²) in [6.07, 6.45) is 0.683. The lowest BCUT2D eigenvalue weighted by atomic mass is 9.73. The van der Waals surface area contributed by atoms with Crippen molar-refractivity contribution in [2.45, 2.75) is 29.5 Å². The molecule has 1 aromatic carbocycles. The first kappa shape index (κ1) is 14.2. The minimum Gasteiger partial charge on any atom is -0.376 e. The number of nitrogens with two attached hydrogens (primary N) is 1. The Morgan fingerprint density at radius 1 is 1.45 bits per heavy atom. The van der Waals surface area contributed by atoms with Gasteiger partial charge in [0, 0.05) is 18.6 Å². The minimum absolute atomic E-state index is 0.0856. The van der Waals surface area contributed by atoms with Crippen LogP contribution >= 0.6 is 11.6 Å². The molecule has 20 heavy (non-hydrogen) atoms. The summed E-state index contributed by atoms with van der Waals surface area (Å²) >= 11 is 5.61. The molecular formula is C12H14ClFN2O3S. The van der Waals surface area contributed by atoms with Gasteiger partial charge in [-0.3, -0.25) is 0 Å². The van der Waals surface area contributed by atoms with Gasteiger partial charge in [-0.2, -0.15) is 0 Å². The minimum atomic E-state index is -3.79. The molecule has 2 fully saturated rings. The second kappa shape index (κ2) is 4.92. The Morgan fingerprint density at radius 3 is 2.90 bits per heavy atom. The van der Waals surface area contributed by atoms with Crippen LogP contribution in [0.5, 0.6) is 0 Å². The zero-order valence-electron chi connectivity index (χ0n) is 10.4. The van der Waals surface area contributed by atoms with Crippen molar-refractivity contribution < 1.29 is 17.5 Å². The SMILES string of the molecule is NC1C2CCOC2C1NS(=O)(=O)c1ccc(F)c(Cl)c1. The zero-order valence-corrected chi connectivity index (χ0v) is 12.0. The second-order valence-electron chi connectivity index (χ2n) is 5.09. The molecule has 1 saturated carbocycles. The third-order valence-electron chi connectivity index (χ3n) is 3.94. The number of benzene rings is 1. The Morgan fingerprint density at radius 2 is 2.20 bits per heavy atom. The summed E-state index contributed by atoms with van der Waals surface area (Å²) in [6.45, 7) is 0.601. The summed E-state index contributed by atoms with van der Waals surface area (Å²) in [5, 5.41) is -0.235. The Bertz CT molecular complexity index is 640. The second-order valence-corrected chi connectivity index (χ2v) is 7.21. The predicted molar refractivity (Wildman–Crippen MR) is 71.3 cm³/mol. The van der Waals surface area contributed by atoms with Crippen LogP contribution in [0.25, 0.3) is 0 Å². The summed E-state index contributed by atoms with van der Waals surface area (Å²) in [6, 6.07) is 2.56. The first-order valence-electron chi connectivity index (χ1n) is 6.25. The molecule has 0 spiro atoms. The number of sulfonamides is 1. The molecule has 1 aromatic rings. The lowest BCUT2D eigenvalue weighted by Crippen LogP contribution is -2.68. The van der Waals surface area contributed by atoms with E-state index in [2.05, 4.69) is 4.72 Å². The molecule has 0 aromatic heterocycles. The van der Waals surface area contributed by atoms with Crippen LogP contribution in [0.1, 0.15) is 6.42 Å². The van der Waals surface area contributed by atoms with E-state index < -0.39 is 21.9 Å². The number of halogens is 2. The maximum atomic E-state index is 13.1. The van der Waals surface area contributed by atoms with Crippen molar-refractivity contribution in [1.29, 1.82) is 0 Å². The van der Waals surface area contributed by atoms with Gasteiger partial charge < -0.3 is 10.5 Å². The fourth-order valence-corrected chi connectivity index (χ4v) is 4.34. The van der Waals surface area contributed by atoms with Crippen molar-refractivity contribution in [3.05, 3.63) is 29.0 Å². The fourth-order valence-electron chi connectivity index (χ4n) is 2.79. The Kier molecular flexibility index (Phi) is 3.50. The fraction of sp³-hybridized carbons (Fsp3) is 0.500. The van der Waals surface area contributed by atoms with E-state index in [9.17, 15) is 12.8 Å². The van der Waals surface area contributed by atoms with Crippen LogP contribution < -0.4 is 10.5 Å². The van der Waals surface area contributed by atoms with Crippen molar-refractivity contribution in [2.75, 3.05) is 6.61 Å². The smallest absolute Gasteiger partial charge is 0.241 e. The molecule has 1 aliphatic carbocycles. The monoisotopic (exact) mass is 320 g/mol. The molecule has 8 heteroatoms. The highest BCUT2D eigenvalue weighted by Gasteiger charge is 2.53. The molecule has 0 bridgehead atoms. The van der Waals surface area contributed by atoms with Gasteiger partial charge in [0.25, 0.3) is 0 Å². The van der Waals surface area contributed by atoms with Gasteiger partial charge in [0.2, 0.25) is 10.0 Å². The number of nitrogens with one attached hydrogen (secondary N) is 1. The Hall–Kier alpha value is -0.730. The summed E-state index contributed by atoms with van der Waals surface area (Å²) in [5.41, 5.74) is 5.95. The van der Waals surface area contributed by atoms with Crippen molar-refractivity contribution in [2.24, 2.45) is 11.7 Å². The normalized spacial score (nSPS) is 32.8. The summed E-state index contributed by atoms with van der Waals surface area (Å²) in [7, 11) is -3.79. The summed E-state index contributed by atoms with van der Waals surface area (Å²) in [4.78, 5) is -0.0856. The number of hydrogen-bond acceptors (Lipinski definition) is 4. The molecule has 4 unspecified atom stereocenters. The summed E-state index contributed by atoms with van der Waals surface area (Å²) in [5.74, 6) is -0.454. The molecule has 4 atom stereocenters. The number of rotatable bonds is 3. The molecule has 5 nitrogen and oxygen atoms in total. The van der Waals surface area contributed by atoms with E-state index in [1.165, 1.54) is 6.07 Å². The van der Waals surface area contributed by atoms with Crippen LogP contribution in [0.2, 0.25) is 5.02 Å². The van der Waals surface area contributed by atoms with Crippen molar-refractivity contribution in [1.82, 2.24) is 4.72 Å². The van der Waals surface area contributed by atoms with Gasteiger partial charge in [0.05, 0.1) is 22.1 Å². The van der Waals surface area contributed by atoms with Crippen LogP contribution in [0, 0.1) is 11.7 Å². The molecule has 1 heterocycles. The largest absolute Gasteiger partial charge is 0.376 e. The van der Waals surface area contributed by atoms with Gasteiger partial charge in [-0.25, -0.2) is 17.5 Å². The first-order chi connectivity index (χ1) is 9.40. The molecule has 2 aliphatic rings. The number of fused-ring (bicyclic) bond motifs is 1. The van der Waals surface area contributed by atoms with Gasteiger partial charge in [-0.15, -0.1) is 0 Å². The molecule has 1 saturated heterocycles. The lowest BCUT2D eigenvalue weighted by Gasteiger charge is -2.45. The quantitative estimate of drug-likeness (QED) is 0.866. The molecule has 0 amide bonds. The van der Waals surface area contributed by atoms with E-state index in [-0.39, 0.29) is 28.0 Å². The van der Waals surface area contributed by atoms with Crippen LogP contribution in [0.15, 0.2) is 23.1 Å². The van der Waals surface area contributed by atoms with E-state index in [0.29, 0.717) is 6.61 Å². The molecule has 1 aliphatic heterocycles. The van der Waals surface area contributed by atoms with Gasteiger partial charge >= 0.3 is 0 Å². The van der Waals surface area contributed by atoms with Crippen molar-refractivity contribution in [3.8, 4) is 0 Å². The standard InChI is InChI=1S/C12H14ClFN2O3S/c13-8-5-6(1-2-9(8)14)20(17,18)16-11-10(15)7-3-4-19-12(7)11/h1-2,5,7,10-12,16H,3-4,15H2. The van der Waals surface area contributed by atoms with Gasteiger partial charge in [-0.1, -0.05) is 11.6 Å². The first-order valence-corrected chi connectivity index (χ1v) is 8.11. The van der Waals surface area contributed by atoms with Crippen molar-refractivity contribution >= 4 is 21.6 Å². The molecule has 110 valence electrons. The Labute approximate surface area is 121 Å². The van der Waals surface area contributed by atoms with Crippen LogP contribution in [-0.2, 0) is 14.8 Å². The topological polar surface area (TPSA) is 81.4 Å². The highest BCUT2D eigenvalue weighted by Crippen LogP contribution is 2.38. The average molecular weight is 321 g/mol. The van der Waals surface area contributed by atoms with E-state index in [1.807, 2.05) is 0 Å². The highest BCUT2D eigenvalue weighted by molar-refractivity contribution is 7.89.